The second-order valence-electron chi connectivity index (χ2n) is 6.01. The third-order valence-corrected chi connectivity index (χ3v) is 3.79. The Morgan fingerprint density at radius 2 is 2.14 bits per heavy atom. The predicted octanol–water partition coefficient (Wildman–Crippen LogP) is 1.71. The van der Waals surface area contributed by atoms with Crippen molar-refractivity contribution in [1.82, 2.24) is 19.4 Å². The minimum Gasteiger partial charge on any atom is -0.341 e. The summed E-state index contributed by atoms with van der Waals surface area (Å²) in [6, 6.07) is 0. The smallest absolute Gasteiger partial charge is 0.341 e. The lowest BCUT2D eigenvalue weighted by Crippen LogP contribution is -2.43. The molecular formula is C14H21F3N4O. The molecule has 0 radical (unpaired) electrons. The van der Waals surface area contributed by atoms with Crippen LogP contribution in [0, 0.1) is 0 Å². The first kappa shape index (κ1) is 16.8. The van der Waals surface area contributed by atoms with Crippen molar-refractivity contribution < 1.29 is 18.0 Å². The van der Waals surface area contributed by atoms with E-state index in [0.29, 0.717) is 25.5 Å². The van der Waals surface area contributed by atoms with E-state index in [1.807, 2.05) is 14.1 Å². The number of nitrogens with zero attached hydrogens (tertiary/aromatic N) is 4. The van der Waals surface area contributed by atoms with Crippen LogP contribution in [0.4, 0.5) is 13.2 Å². The first-order valence-electron chi connectivity index (χ1n) is 7.21. The number of likely N-dealkylation sites (tertiary alicyclic amines) is 1. The summed E-state index contributed by atoms with van der Waals surface area (Å²) in [4.78, 5) is 19.4. The van der Waals surface area contributed by atoms with Crippen molar-refractivity contribution in [3.05, 3.63) is 17.7 Å². The Labute approximate surface area is 127 Å². The van der Waals surface area contributed by atoms with Gasteiger partial charge in [0.25, 0.3) is 0 Å². The maximum atomic E-state index is 12.8. The number of hydrogen-bond acceptors (Lipinski definition) is 3. The fraction of sp³-hybridized carbons (Fsp3) is 0.714. The molecular weight excluding hydrogens is 297 g/mol. The maximum Gasteiger partial charge on any atom is 0.434 e. The van der Waals surface area contributed by atoms with Gasteiger partial charge in [0.05, 0.1) is 6.54 Å². The zero-order valence-electron chi connectivity index (χ0n) is 13.0. The number of carbonyl (C=O) groups excluding carboxylic acids is 1. The van der Waals surface area contributed by atoms with E-state index in [2.05, 4.69) is 4.98 Å². The molecule has 1 amide bonds. The summed E-state index contributed by atoms with van der Waals surface area (Å²) < 4.78 is 39.7. The molecule has 1 aliphatic rings. The summed E-state index contributed by atoms with van der Waals surface area (Å²) >= 11 is 0. The lowest BCUT2D eigenvalue weighted by atomic mass is 9.97. The molecule has 0 N–H and O–H groups in total. The minimum atomic E-state index is -4.44. The van der Waals surface area contributed by atoms with Gasteiger partial charge in [-0.25, -0.2) is 4.98 Å². The molecule has 8 heteroatoms. The topological polar surface area (TPSA) is 41.4 Å². The molecule has 1 aromatic heterocycles. The first-order chi connectivity index (χ1) is 10.2. The van der Waals surface area contributed by atoms with Crippen molar-refractivity contribution in [2.45, 2.75) is 24.9 Å². The average molecular weight is 318 g/mol. The largest absolute Gasteiger partial charge is 0.434 e. The van der Waals surface area contributed by atoms with Gasteiger partial charge in [-0.3, -0.25) is 4.79 Å². The van der Waals surface area contributed by atoms with Gasteiger partial charge in [-0.15, -0.1) is 0 Å². The van der Waals surface area contributed by atoms with Gasteiger partial charge in [0, 0.05) is 32.3 Å². The highest BCUT2D eigenvalue weighted by atomic mass is 19.4. The summed E-state index contributed by atoms with van der Waals surface area (Å²) in [7, 11) is 5.19. The van der Waals surface area contributed by atoms with Crippen LogP contribution < -0.4 is 0 Å². The molecule has 0 bridgehead atoms. The number of piperidine rings is 1. The molecule has 2 rings (SSSR count). The normalized spacial score (nSPS) is 19.8. The Hall–Kier alpha value is -1.57. The number of aryl methyl sites for hydroxylation is 1. The third kappa shape index (κ3) is 3.79. The summed E-state index contributed by atoms with van der Waals surface area (Å²) in [5, 5.41) is 0. The van der Waals surface area contributed by atoms with Crippen molar-refractivity contribution >= 4 is 5.91 Å². The van der Waals surface area contributed by atoms with Gasteiger partial charge in [0.15, 0.2) is 5.69 Å². The highest BCUT2D eigenvalue weighted by Gasteiger charge is 2.36. The van der Waals surface area contributed by atoms with Crippen molar-refractivity contribution in [3.8, 4) is 0 Å². The Kier molecular flexibility index (Phi) is 4.79. The standard InChI is InChI=1S/C14H21F3N4O/c1-19(2)9-12(22)21-6-4-5-10(7-21)13-18-11(8-20(13)3)14(15,16)17/h8,10H,4-7,9H2,1-3H3. The number of alkyl halides is 3. The van der Waals surface area contributed by atoms with Crippen molar-refractivity contribution in [3.63, 3.8) is 0 Å². The zero-order valence-corrected chi connectivity index (χ0v) is 13.0. The van der Waals surface area contributed by atoms with E-state index >= 15 is 0 Å². The third-order valence-electron chi connectivity index (χ3n) is 3.79. The van der Waals surface area contributed by atoms with E-state index in [1.165, 1.54) is 4.57 Å². The number of hydrogen-bond donors (Lipinski definition) is 0. The molecule has 1 fully saturated rings. The van der Waals surface area contributed by atoms with Crippen LogP contribution in [0.25, 0.3) is 0 Å². The zero-order chi connectivity index (χ0) is 16.5. The van der Waals surface area contributed by atoms with E-state index < -0.39 is 11.9 Å². The molecule has 1 saturated heterocycles. The molecule has 124 valence electrons. The summed E-state index contributed by atoms with van der Waals surface area (Å²) in [5.41, 5.74) is -0.873. The molecule has 1 aliphatic heterocycles. The molecule has 5 nitrogen and oxygen atoms in total. The number of carbonyl (C=O) groups is 1. The summed E-state index contributed by atoms with van der Waals surface area (Å²) in [5.74, 6) is 0.246. The lowest BCUT2D eigenvalue weighted by molar-refractivity contribution is -0.141. The minimum absolute atomic E-state index is 0.0000426. The molecule has 2 heterocycles. The number of halogens is 3. The van der Waals surface area contributed by atoms with E-state index in [-0.39, 0.29) is 11.8 Å². The second kappa shape index (κ2) is 6.28. The van der Waals surface area contributed by atoms with Crippen LogP contribution in [0.5, 0.6) is 0 Å². The van der Waals surface area contributed by atoms with Crippen LogP contribution in [-0.4, -0.2) is 59.0 Å². The van der Waals surface area contributed by atoms with E-state index in [0.717, 1.165) is 19.0 Å². The molecule has 0 spiro atoms. The van der Waals surface area contributed by atoms with Gasteiger partial charge in [0.2, 0.25) is 5.91 Å². The van der Waals surface area contributed by atoms with Crippen molar-refractivity contribution in [2.75, 3.05) is 33.7 Å². The second-order valence-corrected chi connectivity index (χ2v) is 6.01. The molecule has 0 saturated carbocycles. The number of imidazole rings is 1. The monoisotopic (exact) mass is 318 g/mol. The van der Waals surface area contributed by atoms with Crippen LogP contribution in [0.3, 0.4) is 0 Å². The summed E-state index contributed by atoms with van der Waals surface area (Å²) in [6.45, 7) is 1.38. The van der Waals surface area contributed by atoms with E-state index in [4.69, 9.17) is 0 Å². The molecule has 1 atom stereocenters. The van der Waals surface area contributed by atoms with Crippen LogP contribution in [0.2, 0.25) is 0 Å². The van der Waals surface area contributed by atoms with E-state index in [9.17, 15) is 18.0 Å². The SMILES string of the molecule is CN(C)CC(=O)N1CCCC(c2nc(C(F)(F)F)cn2C)C1. The molecule has 0 aliphatic carbocycles. The Balaban J connectivity index is 2.13. The number of amides is 1. The highest BCUT2D eigenvalue weighted by Crippen LogP contribution is 2.32. The Morgan fingerprint density at radius 3 is 2.68 bits per heavy atom. The molecule has 22 heavy (non-hydrogen) atoms. The highest BCUT2D eigenvalue weighted by molar-refractivity contribution is 5.78. The molecule has 0 aromatic carbocycles. The van der Waals surface area contributed by atoms with Gasteiger partial charge >= 0.3 is 6.18 Å². The Morgan fingerprint density at radius 1 is 1.45 bits per heavy atom. The van der Waals surface area contributed by atoms with Gasteiger partial charge in [0.1, 0.15) is 5.82 Å². The van der Waals surface area contributed by atoms with Gasteiger partial charge < -0.3 is 14.4 Å². The Bertz CT molecular complexity index is 539. The number of likely N-dealkylation sites (N-methyl/N-ethyl adjacent to an activating group) is 1. The van der Waals surface area contributed by atoms with Gasteiger partial charge in [-0.05, 0) is 26.9 Å². The molecule has 1 aromatic rings. The quantitative estimate of drug-likeness (QED) is 0.852. The molecule has 1 unspecified atom stereocenters. The maximum absolute atomic E-state index is 12.8. The van der Waals surface area contributed by atoms with Gasteiger partial charge in [-0.2, -0.15) is 13.2 Å². The van der Waals surface area contributed by atoms with Gasteiger partial charge in [-0.1, -0.05) is 0 Å². The fourth-order valence-electron chi connectivity index (χ4n) is 2.78. The van der Waals surface area contributed by atoms with Crippen molar-refractivity contribution in [2.24, 2.45) is 7.05 Å². The van der Waals surface area contributed by atoms with Crippen LogP contribution in [-0.2, 0) is 18.0 Å². The van der Waals surface area contributed by atoms with Crippen LogP contribution in [0.1, 0.15) is 30.3 Å². The average Bonchev–Trinajstić information content (AvgIpc) is 2.80. The fourth-order valence-corrected chi connectivity index (χ4v) is 2.78. The first-order valence-corrected chi connectivity index (χ1v) is 7.21. The van der Waals surface area contributed by atoms with Crippen LogP contribution in [0.15, 0.2) is 6.20 Å². The number of aromatic nitrogens is 2. The van der Waals surface area contributed by atoms with Crippen LogP contribution >= 0.6 is 0 Å². The predicted molar refractivity (Wildman–Crippen MR) is 75.3 cm³/mol. The summed E-state index contributed by atoms with van der Waals surface area (Å²) in [6.07, 6.45) is -1.91. The number of rotatable bonds is 3. The van der Waals surface area contributed by atoms with Crippen molar-refractivity contribution in [1.29, 1.82) is 0 Å². The lowest BCUT2D eigenvalue weighted by Gasteiger charge is -2.33. The van der Waals surface area contributed by atoms with E-state index in [1.54, 1.807) is 16.8 Å².